The number of carbonyl (C=O) groups excluding carboxylic acids is 5. The first-order chi connectivity index (χ1) is 18.2. The van der Waals surface area contributed by atoms with E-state index in [4.69, 9.17) is 14.2 Å². The predicted molar refractivity (Wildman–Crippen MR) is 143 cm³/mol. The molecular weight excluding hydrogens is 492 g/mol. The van der Waals surface area contributed by atoms with Gasteiger partial charge in [-0.2, -0.15) is 0 Å². The highest BCUT2D eigenvalue weighted by Crippen LogP contribution is 2.18. The van der Waals surface area contributed by atoms with Crippen LogP contribution in [0.1, 0.15) is 130 Å². The fourth-order valence-corrected chi connectivity index (χ4v) is 3.80. The highest BCUT2D eigenvalue weighted by Gasteiger charge is 2.23. The van der Waals surface area contributed by atoms with Crippen molar-refractivity contribution in [2.24, 2.45) is 0 Å². The van der Waals surface area contributed by atoms with E-state index in [0.717, 1.165) is 25.7 Å². The molecule has 0 bridgehead atoms. The first-order valence-corrected chi connectivity index (χ1v) is 14.5. The molecule has 0 saturated heterocycles. The molecule has 0 heterocycles. The molecular formula is C29H50O9. The largest absolute Gasteiger partial charge is 0.466 e. The molecule has 220 valence electrons. The first kappa shape index (κ1) is 35.7. The molecule has 38 heavy (non-hydrogen) atoms. The number of aliphatic hydroxyl groups is 1. The smallest absolute Gasteiger partial charge is 0.313 e. The van der Waals surface area contributed by atoms with Gasteiger partial charge in [0.2, 0.25) is 0 Å². The molecule has 0 fully saturated rings. The Morgan fingerprint density at radius 2 is 1.13 bits per heavy atom. The van der Waals surface area contributed by atoms with Crippen LogP contribution in [0.2, 0.25) is 0 Å². The van der Waals surface area contributed by atoms with Crippen LogP contribution >= 0.6 is 0 Å². The van der Waals surface area contributed by atoms with Gasteiger partial charge in [-0.15, -0.1) is 0 Å². The van der Waals surface area contributed by atoms with E-state index in [9.17, 15) is 29.1 Å². The van der Waals surface area contributed by atoms with Crippen molar-refractivity contribution < 1.29 is 43.3 Å². The summed E-state index contributed by atoms with van der Waals surface area (Å²) in [5.41, 5.74) is 0. The molecule has 1 N–H and O–H groups in total. The highest BCUT2D eigenvalue weighted by atomic mass is 16.6. The fraction of sp³-hybridized carbons (Fsp3) is 0.828. The van der Waals surface area contributed by atoms with Crippen LogP contribution in [0, 0.1) is 0 Å². The molecule has 0 saturated carbocycles. The fourth-order valence-electron chi connectivity index (χ4n) is 3.80. The summed E-state index contributed by atoms with van der Waals surface area (Å²) in [5.74, 6) is -1.46. The molecule has 0 spiro atoms. The number of hydrogen-bond acceptors (Lipinski definition) is 9. The molecule has 9 heteroatoms. The summed E-state index contributed by atoms with van der Waals surface area (Å²) < 4.78 is 15.4. The van der Waals surface area contributed by atoms with Gasteiger partial charge in [-0.1, -0.05) is 40.0 Å². The SMILES string of the molecule is CCCCCC(OC(=O)CCCC(=O)OCCC)C(O)CCCCC(=O)CCCC(=O)CC(=O)OCCC. The molecule has 0 aromatic carbocycles. The van der Waals surface area contributed by atoms with E-state index in [0.29, 0.717) is 64.6 Å². The van der Waals surface area contributed by atoms with Crippen molar-refractivity contribution in [2.45, 2.75) is 142 Å². The lowest BCUT2D eigenvalue weighted by Gasteiger charge is -2.23. The number of ether oxygens (including phenoxy) is 3. The van der Waals surface area contributed by atoms with Gasteiger partial charge < -0.3 is 19.3 Å². The van der Waals surface area contributed by atoms with Crippen molar-refractivity contribution in [2.75, 3.05) is 13.2 Å². The maximum absolute atomic E-state index is 12.3. The lowest BCUT2D eigenvalue weighted by Crippen LogP contribution is -2.31. The quantitative estimate of drug-likeness (QED) is 0.0717. The Balaban J connectivity index is 4.27. The average molecular weight is 543 g/mol. The van der Waals surface area contributed by atoms with Crippen LogP contribution in [0.15, 0.2) is 0 Å². The van der Waals surface area contributed by atoms with Gasteiger partial charge >= 0.3 is 17.9 Å². The van der Waals surface area contributed by atoms with Crippen LogP contribution < -0.4 is 0 Å². The third kappa shape index (κ3) is 20.7. The predicted octanol–water partition coefficient (Wildman–Crippen LogP) is 5.18. The standard InChI is InChI=1S/C29H50O9/c1-4-7-8-17-26(38-28(34)19-12-18-27(33)36-20-5-2)25(32)16-10-9-13-23(30)14-11-15-24(31)22-29(35)37-21-6-3/h25-26,32H,4-22H2,1-3H3. The Hall–Kier alpha value is -2.29. The molecule has 0 aliphatic rings. The summed E-state index contributed by atoms with van der Waals surface area (Å²) in [6.45, 7) is 6.54. The van der Waals surface area contributed by atoms with Crippen LogP contribution in [0.25, 0.3) is 0 Å². The van der Waals surface area contributed by atoms with Crippen LogP contribution in [0.4, 0.5) is 0 Å². The average Bonchev–Trinajstić information content (AvgIpc) is 2.88. The number of unbranched alkanes of at least 4 members (excludes halogenated alkanes) is 3. The number of aliphatic hydroxyl groups excluding tert-OH is 1. The zero-order chi connectivity index (χ0) is 28.6. The number of hydrogen-bond donors (Lipinski definition) is 1. The van der Waals surface area contributed by atoms with Gasteiger partial charge in [0.1, 0.15) is 24.1 Å². The first-order valence-electron chi connectivity index (χ1n) is 14.5. The molecule has 0 amide bonds. The molecule has 0 aromatic heterocycles. The van der Waals surface area contributed by atoms with Gasteiger partial charge in [0.05, 0.1) is 19.3 Å². The van der Waals surface area contributed by atoms with Gasteiger partial charge in [-0.05, 0) is 51.4 Å². The van der Waals surface area contributed by atoms with Gasteiger partial charge in [0.25, 0.3) is 0 Å². The molecule has 2 unspecified atom stereocenters. The minimum Gasteiger partial charge on any atom is -0.466 e. The van der Waals surface area contributed by atoms with Crippen molar-refractivity contribution in [3.63, 3.8) is 0 Å². The Labute approximate surface area is 228 Å². The summed E-state index contributed by atoms with van der Waals surface area (Å²) in [5, 5.41) is 10.7. The highest BCUT2D eigenvalue weighted by molar-refractivity contribution is 5.95. The van der Waals surface area contributed by atoms with Gasteiger partial charge in [-0.25, -0.2) is 0 Å². The van der Waals surface area contributed by atoms with Gasteiger partial charge in [-0.3, -0.25) is 24.0 Å². The second-order valence-electron chi connectivity index (χ2n) is 9.74. The number of carbonyl (C=O) groups is 5. The number of esters is 3. The van der Waals surface area contributed by atoms with Crippen LogP contribution in [-0.4, -0.2) is 60.0 Å². The summed E-state index contributed by atoms with van der Waals surface area (Å²) >= 11 is 0. The van der Waals surface area contributed by atoms with Crippen molar-refractivity contribution in [3.8, 4) is 0 Å². The molecule has 0 aliphatic carbocycles. The third-order valence-electron chi connectivity index (χ3n) is 5.96. The van der Waals surface area contributed by atoms with Crippen LogP contribution in [0.5, 0.6) is 0 Å². The molecule has 0 aliphatic heterocycles. The molecule has 0 radical (unpaired) electrons. The minimum atomic E-state index is -0.814. The van der Waals surface area contributed by atoms with E-state index in [1.807, 2.05) is 13.8 Å². The second-order valence-corrected chi connectivity index (χ2v) is 9.74. The Morgan fingerprint density at radius 1 is 0.579 bits per heavy atom. The van der Waals surface area contributed by atoms with Crippen molar-refractivity contribution >= 4 is 29.5 Å². The number of ketones is 2. The van der Waals surface area contributed by atoms with E-state index >= 15 is 0 Å². The summed E-state index contributed by atoms with van der Waals surface area (Å²) in [6, 6.07) is 0. The zero-order valence-corrected chi connectivity index (χ0v) is 23.8. The summed E-state index contributed by atoms with van der Waals surface area (Å²) in [4.78, 5) is 59.2. The normalized spacial score (nSPS) is 12.4. The number of Topliss-reactive ketones (excluding diaryl/α,β-unsaturated/α-hetero) is 2. The lowest BCUT2D eigenvalue weighted by atomic mass is 9.99. The van der Waals surface area contributed by atoms with Gasteiger partial charge in [0.15, 0.2) is 0 Å². The molecule has 9 nitrogen and oxygen atoms in total. The molecule has 2 atom stereocenters. The Morgan fingerprint density at radius 3 is 1.79 bits per heavy atom. The van der Waals surface area contributed by atoms with E-state index in [1.54, 1.807) is 0 Å². The van der Waals surface area contributed by atoms with Crippen molar-refractivity contribution in [1.82, 2.24) is 0 Å². The topological polar surface area (TPSA) is 133 Å². The van der Waals surface area contributed by atoms with E-state index in [2.05, 4.69) is 6.92 Å². The summed E-state index contributed by atoms with van der Waals surface area (Å²) in [7, 11) is 0. The zero-order valence-electron chi connectivity index (χ0n) is 23.8. The maximum Gasteiger partial charge on any atom is 0.313 e. The van der Waals surface area contributed by atoms with Gasteiger partial charge in [0, 0.05) is 32.1 Å². The Bertz CT molecular complexity index is 690. The van der Waals surface area contributed by atoms with E-state index in [1.165, 1.54) is 0 Å². The summed E-state index contributed by atoms with van der Waals surface area (Å²) in [6.07, 6.45) is 6.61. The molecule has 0 aromatic rings. The number of rotatable bonds is 25. The lowest BCUT2D eigenvalue weighted by molar-refractivity contribution is -0.156. The monoisotopic (exact) mass is 542 g/mol. The Kier molecular flexibility index (Phi) is 22.4. The van der Waals surface area contributed by atoms with Crippen LogP contribution in [-0.2, 0) is 38.2 Å². The maximum atomic E-state index is 12.3. The second kappa shape index (κ2) is 23.8. The van der Waals surface area contributed by atoms with E-state index < -0.39 is 24.1 Å². The van der Waals surface area contributed by atoms with Crippen molar-refractivity contribution in [1.29, 1.82) is 0 Å². The van der Waals surface area contributed by atoms with Crippen LogP contribution in [0.3, 0.4) is 0 Å². The third-order valence-corrected chi connectivity index (χ3v) is 5.96. The molecule has 0 rings (SSSR count). The van der Waals surface area contributed by atoms with E-state index in [-0.39, 0.29) is 49.6 Å². The minimum absolute atomic E-state index is 0.0456. The van der Waals surface area contributed by atoms with Crippen molar-refractivity contribution in [3.05, 3.63) is 0 Å².